The van der Waals surface area contributed by atoms with Gasteiger partial charge in [0.05, 0.1) is 7.11 Å². The van der Waals surface area contributed by atoms with Crippen LogP contribution in [-0.4, -0.2) is 12.2 Å². The highest BCUT2D eigenvalue weighted by Gasteiger charge is 2.19. The lowest BCUT2D eigenvalue weighted by atomic mass is 9.92. The van der Waals surface area contributed by atoms with Gasteiger partial charge in [0, 0.05) is 10.6 Å². The molecule has 2 aromatic rings. The molecule has 1 unspecified atom stereocenters. The molecule has 0 spiro atoms. The minimum atomic E-state index is -0.736. The molecule has 1 N–H and O–H groups in total. The van der Waals surface area contributed by atoms with Gasteiger partial charge in [-0.15, -0.1) is 0 Å². The molecule has 0 radical (unpaired) electrons. The van der Waals surface area contributed by atoms with E-state index in [9.17, 15) is 5.11 Å². The summed E-state index contributed by atoms with van der Waals surface area (Å²) in [5.41, 5.74) is 3.98. The first-order valence-corrected chi connectivity index (χ1v) is 7.61. The number of hydrogen-bond acceptors (Lipinski definition) is 2. The summed E-state index contributed by atoms with van der Waals surface area (Å²) in [7, 11) is 1.60. The monoisotopic (exact) mass is 304 g/mol. The van der Waals surface area contributed by atoms with Gasteiger partial charge in [0.2, 0.25) is 0 Å². The maximum Gasteiger partial charge on any atom is 0.125 e. The molecule has 0 aliphatic heterocycles. The van der Waals surface area contributed by atoms with Crippen LogP contribution in [0.1, 0.15) is 42.2 Å². The summed E-state index contributed by atoms with van der Waals surface area (Å²) in [6.45, 7) is 4.20. The van der Waals surface area contributed by atoms with Crippen molar-refractivity contribution in [2.24, 2.45) is 0 Å². The lowest BCUT2D eigenvalue weighted by Crippen LogP contribution is -2.06. The Hall–Kier alpha value is -1.51. The Bertz CT molecular complexity index is 623. The van der Waals surface area contributed by atoms with Gasteiger partial charge in [-0.1, -0.05) is 43.6 Å². The van der Waals surface area contributed by atoms with Crippen LogP contribution >= 0.6 is 11.6 Å². The second kappa shape index (κ2) is 6.97. The fourth-order valence-corrected chi connectivity index (χ4v) is 2.71. The lowest BCUT2D eigenvalue weighted by molar-refractivity contribution is 0.213. The molecule has 0 bridgehead atoms. The lowest BCUT2D eigenvalue weighted by Gasteiger charge is -2.19. The number of aryl methyl sites for hydroxylation is 2. The van der Waals surface area contributed by atoms with Crippen LogP contribution in [0.5, 0.6) is 5.75 Å². The molecule has 2 rings (SSSR count). The molecule has 112 valence electrons. The zero-order chi connectivity index (χ0) is 15.4. The molecule has 2 nitrogen and oxygen atoms in total. The predicted molar refractivity (Wildman–Crippen MR) is 87.3 cm³/mol. The van der Waals surface area contributed by atoms with Crippen molar-refractivity contribution in [1.29, 1.82) is 0 Å². The minimum absolute atomic E-state index is 0.592. The highest BCUT2D eigenvalue weighted by molar-refractivity contribution is 6.30. The Morgan fingerprint density at radius 3 is 2.43 bits per heavy atom. The summed E-state index contributed by atoms with van der Waals surface area (Å²) in [5, 5.41) is 11.4. The van der Waals surface area contributed by atoms with Crippen molar-refractivity contribution >= 4 is 11.6 Å². The van der Waals surface area contributed by atoms with Crippen LogP contribution in [0.3, 0.4) is 0 Å². The van der Waals surface area contributed by atoms with Crippen LogP contribution in [0.15, 0.2) is 36.4 Å². The van der Waals surface area contributed by atoms with Crippen LogP contribution < -0.4 is 4.74 Å². The second-order valence-electron chi connectivity index (χ2n) is 5.03. The number of ether oxygens (including phenoxy) is 1. The number of benzene rings is 2. The van der Waals surface area contributed by atoms with Crippen molar-refractivity contribution in [2.75, 3.05) is 7.11 Å². The fraction of sp³-hybridized carbons (Fsp3) is 0.333. The van der Waals surface area contributed by atoms with Gasteiger partial charge < -0.3 is 9.84 Å². The van der Waals surface area contributed by atoms with Crippen molar-refractivity contribution in [3.63, 3.8) is 0 Å². The minimum Gasteiger partial charge on any atom is -0.496 e. The van der Waals surface area contributed by atoms with E-state index in [4.69, 9.17) is 16.3 Å². The van der Waals surface area contributed by atoms with E-state index in [-0.39, 0.29) is 0 Å². The molecule has 2 aromatic carbocycles. The molecule has 0 saturated carbocycles. The average molecular weight is 305 g/mol. The molecule has 0 aromatic heterocycles. The van der Waals surface area contributed by atoms with Crippen molar-refractivity contribution in [3.05, 3.63) is 63.7 Å². The van der Waals surface area contributed by atoms with E-state index in [0.29, 0.717) is 16.3 Å². The Balaban J connectivity index is 2.53. The van der Waals surface area contributed by atoms with Crippen LogP contribution in [0.4, 0.5) is 0 Å². The van der Waals surface area contributed by atoms with Crippen molar-refractivity contribution < 1.29 is 9.84 Å². The zero-order valence-corrected chi connectivity index (χ0v) is 13.4. The Kier molecular flexibility index (Phi) is 5.27. The normalized spacial score (nSPS) is 12.2. The Morgan fingerprint density at radius 2 is 1.81 bits per heavy atom. The quantitative estimate of drug-likeness (QED) is 0.877. The highest BCUT2D eigenvalue weighted by Crippen LogP contribution is 2.34. The maximum absolute atomic E-state index is 10.8. The van der Waals surface area contributed by atoms with Gasteiger partial charge in [0.15, 0.2) is 0 Å². The van der Waals surface area contributed by atoms with Crippen molar-refractivity contribution in [3.8, 4) is 5.75 Å². The molecule has 0 amide bonds. The summed E-state index contributed by atoms with van der Waals surface area (Å²) in [6, 6.07) is 11.6. The maximum atomic E-state index is 10.8. The summed E-state index contributed by atoms with van der Waals surface area (Å²) < 4.78 is 5.35. The number of halogens is 1. The summed E-state index contributed by atoms with van der Waals surface area (Å²) >= 11 is 6.07. The van der Waals surface area contributed by atoms with E-state index in [1.807, 2.05) is 0 Å². The Labute approximate surface area is 131 Å². The third-order valence-electron chi connectivity index (χ3n) is 3.78. The van der Waals surface area contributed by atoms with Crippen molar-refractivity contribution in [1.82, 2.24) is 0 Å². The second-order valence-corrected chi connectivity index (χ2v) is 5.47. The summed E-state index contributed by atoms with van der Waals surface area (Å²) in [5.74, 6) is 0.649. The van der Waals surface area contributed by atoms with E-state index in [0.717, 1.165) is 24.0 Å². The topological polar surface area (TPSA) is 29.5 Å². The number of aliphatic hydroxyl groups excluding tert-OH is 1. The first-order chi connectivity index (χ1) is 10.1. The fourth-order valence-electron chi connectivity index (χ4n) is 2.53. The largest absolute Gasteiger partial charge is 0.496 e. The highest BCUT2D eigenvalue weighted by atomic mass is 35.5. The zero-order valence-electron chi connectivity index (χ0n) is 12.7. The summed E-state index contributed by atoms with van der Waals surface area (Å²) in [6.07, 6.45) is 1.08. The molecule has 0 heterocycles. The number of hydrogen-bond donors (Lipinski definition) is 1. The molecular weight excluding hydrogens is 284 g/mol. The van der Waals surface area contributed by atoms with Crippen molar-refractivity contribution in [2.45, 2.75) is 32.8 Å². The first kappa shape index (κ1) is 15.9. The molecule has 0 saturated heterocycles. The van der Waals surface area contributed by atoms with Gasteiger partial charge in [-0.2, -0.15) is 0 Å². The van der Waals surface area contributed by atoms with Crippen LogP contribution in [0.25, 0.3) is 0 Å². The third-order valence-corrected chi connectivity index (χ3v) is 4.02. The Morgan fingerprint density at radius 1 is 1.05 bits per heavy atom. The standard InChI is InChI=1S/C18H21ClO2/c1-4-12-6-7-13(5-2)15(10-12)18(20)16-11-14(19)8-9-17(16)21-3/h6-11,18,20H,4-5H2,1-3H3. The molecule has 1 atom stereocenters. The van der Waals surface area contributed by atoms with Gasteiger partial charge in [-0.05, 0) is 47.7 Å². The first-order valence-electron chi connectivity index (χ1n) is 7.23. The van der Waals surface area contributed by atoms with Gasteiger partial charge in [-0.25, -0.2) is 0 Å². The van der Waals surface area contributed by atoms with E-state index >= 15 is 0 Å². The SMILES string of the molecule is CCc1ccc(CC)c(C(O)c2cc(Cl)ccc2OC)c1. The average Bonchev–Trinajstić information content (AvgIpc) is 2.53. The van der Waals surface area contributed by atoms with Gasteiger partial charge in [0.25, 0.3) is 0 Å². The van der Waals surface area contributed by atoms with Gasteiger partial charge in [-0.3, -0.25) is 0 Å². The molecule has 0 aliphatic carbocycles. The van der Waals surface area contributed by atoms with E-state index in [1.54, 1.807) is 25.3 Å². The number of rotatable bonds is 5. The number of methoxy groups -OCH3 is 1. The molecular formula is C18H21ClO2. The van der Waals surface area contributed by atoms with E-state index in [2.05, 4.69) is 32.0 Å². The smallest absolute Gasteiger partial charge is 0.125 e. The molecule has 0 fully saturated rings. The molecule has 21 heavy (non-hydrogen) atoms. The predicted octanol–water partition coefficient (Wildman–Crippen LogP) is 4.56. The summed E-state index contributed by atoms with van der Waals surface area (Å²) in [4.78, 5) is 0. The van der Waals surface area contributed by atoms with E-state index in [1.165, 1.54) is 5.56 Å². The van der Waals surface area contributed by atoms with Crippen LogP contribution in [0.2, 0.25) is 5.02 Å². The van der Waals surface area contributed by atoms with Crippen LogP contribution in [-0.2, 0) is 12.8 Å². The van der Waals surface area contributed by atoms with E-state index < -0.39 is 6.10 Å². The molecule has 0 aliphatic rings. The van der Waals surface area contributed by atoms with Gasteiger partial charge in [0.1, 0.15) is 11.9 Å². The number of aliphatic hydroxyl groups is 1. The van der Waals surface area contributed by atoms with Crippen LogP contribution in [0, 0.1) is 0 Å². The third kappa shape index (κ3) is 3.39. The van der Waals surface area contributed by atoms with Gasteiger partial charge >= 0.3 is 0 Å². The molecule has 3 heteroatoms.